The second-order valence-corrected chi connectivity index (χ2v) is 7.21. The molecule has 6 heteroatoms. The van der Waals surface area contributed by atoms with Crippen molar-refractivity contribution in [1.82, 2.24) is 9.80 Å². The summed E-state index contributed by atoms with van der Waals surface area (Å²) in [5, 5.41) is 0.659. The molecule has 1 saturated heterocycles. The molecule has 24 heavy (non-hydrogen) atoms. The molecule has 0 radical (unpaired) electrons. The molecule has 0 unspecified atom stereocenters. The Labute approximate surface area is 147 Å². The summed E-state index contributed by atoms with van der Waals surface area (Å²) in [6.07, 6.45) is 0.653. The minimum Gasteiger partial charge on any atom is -0.492 e. The van der Waals surface area contributed by atoms with Crippen LogP contribution in [0, 0.1) is 11.8 Å². The Balaban J connectivity index is 1.59. The van der Waals surface area contributed by atoms with Crippen LogP contribution in [0.15, 0.2) is 18.2 Å². The minimum atomic E-state index is -0.177. The largest absolute Gasteiger partial charge is 0.492 e. The molecule has 2 amide bonds. The van der Waals surface area contributed by atoms with E-state index in [1.54, 1.807) is 6.07 Å². The molecule has 5 nitrogen and oxygen atoms in total. The predicted molar refractivity (Wildman–Crippen MR) is 92.1 cm³/mol. The van der Waals surface area contributed by atoms with Crippen molar-refractivity contribution in [2.24, 2.45) is 11.8 Å². The van der Waals surface area contributed by atoms with Gasteiger partial charge in [0.25, 0.3) is 0 Å². The lowest BCUT2D eigenvalue weighted by Gasteiger charge is -2.37. The van der Waals surface area contributed by atoms with Crippen molar-refractivity contribution in [1.29, 1.82) is 0 Å². The summed E-state index contributed by atoms with van der Waals surface area (Å²) >= 11 is 6.04. The lowest BCUT2D eigenvalue weighted by molar-refractivity contribution is -0.144. The van der Waals surface area contributed by atoms with Gasteiger partial charge in [-0.05, 0) is 30.2 Å². The Kier molecular flexibility index (Phi) is 4.99. The number of ether oxygens (including phenoxy) is 1. The Morgan fingerprint density at radius 3 is 2.50 bits per heavy atom. The zero-order valence-electron chi connectivity index (χ0n) is 14.1. The lowest BCUT2D eigenvalue weighted by Crippen LogP contribution is -2.53. The van der Waals surface area contributed by atoms with E-state index in [2.05, 4.69) is 0 Å². The van der Waals surface area contributed by atoms with E-state index in [0.29, 0.717) is 44.2 Å². The fourth-order valence-electron chi connectivity index (χ4n) is 3.29. The third-order valence-electron chi connectivity index (χ3n) is 4.68. The van der Waals surface area contributed by atoms with Crippen molar-refractivity contribution in [2.75, 3.05) is 32.8 Å². The van der Waals surface area contributed by atoms with Crippen LogP contribution >= 0.6 is 11.6 Å². The van der Waals surface area contributed by atoms with Gasteiger partial charge in [0.15, 0.2) is 0 Å². The summed E-state index contributed by atoms with van der Waals surface area (Å²) in [6.45, 7) is 6.62. The van der Waals surface area contributed by atoms with Gasteiger partial charge in [-0.2, -0.15) is 0 Å². The number of hydrogen-bond donors (Lipinski definition) is 0. The quantitative estimate of drug-likeness (QED) is 0.821. The van der Waals surface area contributed by atoms with Gasteiger partial charge < -0.3 is 14.5 Å². The monoisotopic (exact) mass is 350 g/mol. The number of nitrogens with zero attached hydrogens (tertiary/aromatic N) is 2. The molecule has 1 aromatic carbocycles. The molecule has 0 spiro atoms. The number of hydrogen-bond acceptors (Lipinski definition) is 3. The number of carbonyl (C=O) groups is 2. The maximum atomic E-state index is 12.8. The molecule has 130 valence electrons. The van der Waals surface area contributed by atoms with Crippen LogP contribution in [-0.2, 0) is 16.0 Å². The number of carbonyl (C=O) groups excluding carboxylic acids is 2. The third-order valence-corrected chi connectivity index (χ3v) is 4.91. The number of halogens is 1. The maximum Gasteiger partial charge on any atom is 0.229 e. The highest BCUT2D eigenvalue weighted by molar-refractivity contribution is 6.30. The maximum absolute atomic E-state index is 12.8. The fraction of sp³-hybridized carbons (Fsp3) is 0.556. The number of benzene rings is 1. The van der Waals surface area contributed by atoms with E-state index in [1.807, 2.05) is 35.8 Å². The summed E-state index contributed by atoms with van der Waals surface area (Å²) in [5.41, 5.74) is 0.987. The molecular weight excluding hydrogens is 328 g/mol. The first-order valence-corrected chi connectivity index (χ1v) is 8.82. The van der Waals surface area contributed by atoms with E-state index in [1.165, 1.54) is 0 Å². The van der Waals surface area contributed by atoms with Crippen LogP contribution < -0.4 is 4.74 Å². The minimum absolute atomic E-state index is 0.000228. The van der Waals surface area contributed by atoms with E-state index in [0.717, 1.165) is 11.3 Å². The van der Waals surface area contributed by atoms with Crippen molar-refractivity contribution >= 4 is 23.4 Å². The Morgan fingerprint density at radius 2 is 1.83 bits per heavy atom. The summed E-state index contributed by atoms with van der Waals surface area (Å²) < 4.78 is 5.72. The molecule has 2 aliphatic rings. The van der Waals surface area contributed by atoms with E-state index in [9.17, 15) is 9.59 Å². The second-order valence-electron chi connectivity index (χ2n) is 6.77. The van der Waals surface area contributed by atoms with Gasteiger partial charge >= 0.3 is 0 Å². The normalized spacial score (nSPS) is 20.6. The Morgan fingerprint density at radius 1 is 1.17 bits per heavy atom. The highest BCUT2D eigenvalue weighted by Crippen LogP contribution is 2.30. The van der Waals surface area contributed by atoms with Crippen LogP contribution in [0.5, 0.6) is 5.75 Å². The molecule has 1 atom stereocenters. The molecule has 0 aromatic heterocycles. The van der Waals surface area contributed by atoms with Crippen LogP contribution in [0.4, 0.5) is 0 Å². The summed E-state index contributed by atoms with van der Waals surface area (Å²) in [5.74, 6) is 0.906. The fourth-order valence-corrected chi connectivity index (χ4v) is 3.49. The van der Waals surface area contributed by atoms with Crippen molar-refractivity contribution in [2.45, 2.75) is 20.3 Å². The topological polar surface area (TPSA) is 49.9 Å². The summed E-state index contributed by atoms with van der Waals surface area (Å²) in [7, 11) is 0. The first kappa shape index (κ1) is 17.1. The summed E-state index contributed by atoms with van der Waals surface area (Å²) in [4.78, 5) is 28.5. The van der Waals surface area contributed by atoms with Crippen LogP contribution in [0.1, 0.15) is 19.4 Å². The standard InChI is InChI=1S/C18H23ClN2O3/c1-12(2)17(22)20-5-7-21(8-6-20)18(23)14-9-13-10-15(19)3-4-16(13)24-11-14/h3-4,10,12,14H,5-9,11H2,1-2H3/t14-/m1/s1. The zero-order chi connectivity index (χ0) is 17.3. The summed E-state index contributed by atoms with van der Waals surface area (Å²) in [6, 6.07) is 5.53. The molecule has 2 aliphatic heterocycles. The van der Waals surface area contributed by atoms with Gasteiger partial charge in [0, 0.05) is 37.1 Å². The molecule has 0 N–H and O–H groups in total. The van der Waals surface area contributed by atoms with Gasteiger partial charge in [-0.15, -0.1) is 0 Å². The molecular formula is C18H23ClN2O3. The van der Waals surface area contributed by atoms with Gasteiger partial charge in [-0.25, -0.2) is 0 Å². The average molecular weight is 351 g/mol. The lowest BCUT2D eigenvalue weighted by atomic mass is 9.95. The Hall–Kier alpha value is -1.75. The zero-order valence-corrected chi connectivity index (χ0v) is 14.9. The molecule has 0 saturated carbocycles. The number of piperazine rings is 1. The van der Waals surface area contributed by atoms with Gasteiger partial charge in [0.05, 0.1) is 5.92 Å². The Bertz CT molecular complexity index is 639. The van der Waals surface area contributed by atoms with Crippen LogP contribution in [0.25, 0.3) is 0 Å². The molecule has 3 rings (SSSR count). The predicted octanol–water partition coefficient (Wildman–Crippen LogP) is 2.22. The second kappa shape index (κ2) is 7.01. The molecule has 0 aliphatic carbocycles. The molecule has 2 heterocycles. The van der Waals surface area contributed by atoms with Crippen LogP contribution in [0.3, 0.4) is 0 Å². The molecule has 0 bridgehead atoms. The highest BCUT2D eigenvalue weighted by Gasteiger charge is 2.32. The first-order valence-electron chi connectivity index (χ1n) is 8.44. The smallest absolute Gasteiger partial charge is 0.229 e. The third kappa shape index (κ3) is 3.51. The average Bonchev–Trinajstić information content (AvgIpc) is 2.59. The number of amides is 2. The van der Waals surface area contributed by atoms with E-state index >= 15 is 0 Å². The van der Waals surface area contributed by atoms with Crippen molar-refractivity contribution < 1.29 is 14.3 Å². The van der Waals surface area contributed by atoms with E-state index in [4.69, 9.17) is 16.3 Å². The van der Waals surface area contributed by atoms with Gasteiger partial charge in [-0.1, -0.05) is 25.4 Å². The van der Waals surface area contributed by atoms with Gasteiger partial charge in [0.1, 0.15) is 12.4 Å². The van der Waals surface area contributed by atoms with Crippen molar-refractivity contribution in [3.63, 3.8) is 0 Å². The first-order chi connectivity index (χ1) is 11.5. The molecule has 1 fully saturated rings. The van der Waals surface area contributed by atoms with Gasteiger partial charge in [-0.3, -0.25) is 9.59 Å². The van der Waals surface area contributed by atoms with Crippen LogP contribution in [0.2, 0.25) is 5.02 Å². The van der Waals surface area contributed by atoms with Crippen molar-refractivity contribution in [3.05, 3.63) is 28.8 Å². The SMILES string of the molecule is CC(C)C(=O)N1CCN(C(=O)[C@H]2COc3ccc(Cl)cc3C2)CC1. The van der Waals surface area contributed by atoms with Crippen LogP contribution in [-0.4, -0.2) is 54.4 Å². The van der Waals surface area contributed by atoms with E-state index in [-0.39, 0.29) is 23.7 Å². The van der Waals surface area contributed by atoms with Crippen molar-refractivity contribution in [3.8, 4) is 5.75 Å². The number of fused-ring (bicyclic) bond motifs is 1. The molecule has 1 aromatic rings. The highest BCUT2D eigenvalue weighted by atomic mass is 35.5. The van der Waals surface area contributed by atoms with E-state index < -0.39 is 0 Å². The number of rotatable bonds is 2. The van der Waals surface area contributed by atoms with Gasteiger partial charge in [0.2, 0.25) is 11.8 Å².